The molecule has 0 fully saturated rings. The minimum Gasteiger partial charge on any atom is -0.444 e. The molecule has 0 aliphatic carbocycles. The summed E-state index contributed by atoms with van der Waals surface area (Å²) in [6.07, 6.45) is 4.72. The molecule has 5 heteroatoms. The maximum absolute atomic E-state index is 12.2. The van der Waals surface area contributed by atoms with Crippen LogP contribution in [0.1, 0.15) is 38.4 Å². The summed E-state index contributed by atoms with van der Waals surface area (Å²) in [5.74, 6) is 0. The number of pyridine rings is 1. The van der Waals surface area contributed by atoms with Crippen molar-refractivity contribution in [3.63, 3.8) is 0 Å². The van der Waals surface area contributed by atoms with Crippen molar-refractivity contribution >= 4 is 22.7 Å². The number of aryl methyl sites for hydroxylation is 2. The number of hydrogen-bond acceptors (Lipinski definition) is 3. The van der Waals surface area contributed by atoms with Gasteiger partial charge in [-0.1, -0.05) is 6.08 Å². The number of rotatable bonds is 1. The summed E-state index contributed by atoms with van der Waals surface area (Å²) in [6, 6.07) is 4.23. The van der Waals surface area contributed by atoms with E-state index in [0.29, 0.717) is 13.1 Å². The van der Waals surface area contributed by atoms with Gasteiger partial charge in [0.2, 0.25) is 0 Å². The van der Waals surface area contributed by atoms with Crippen molar-refractivity contribution in [3.05, 3.63) is 35.7 Å². The molecule has 0 atom stereocenters. The average Bonchev–Trinajstić information content (AvgIpc) is 2.85. The van der Waals surface area contributed by atoms with Crippen LogP contribution in [0.15, 0.2) is 24.4 Å². The molecule has 1 aliphatic heterocycles. The maximum Gasteiger partial charge on any atom is 0.410 e. The lowest BCUT2D eigenvalue weighted by Crippen LogP contribution is -2.39. The van der Waals surface area contributed by atoms with Gasteiger partial charge in [-0.15, -0.1) is 0 Å². The molecular formula is C19H25N3O2. The topological polar surface area (TPSA) is 47.4 Å². The van der Waals surface area contributed by atoms with Crippen molar-refractivity contribution in [2.24, 2.45) is 7.05 Å². The molecule has 0 saturated carbocycles. The lowest BCUT2D eigenvalue weighted by Gasteiger charge is -2.29. The molecular weight excluding hydrogens is 302 g/mol. The Morgan fingerprint density at radius 1 is 1.33 bits per heavy atom. The number of carbonyl (C=O) groups is 1. The number of fused-ring (bicyclic) bond motifs is 1. The molecule has 2 aromatic heterocycles. The van der Waals surface area contributed by atoms with Crippen LogP contribution in [0.3, 0.4) is 0 Å². The largest absolute Gasteiger partial charge is 0.444 e. The zero-order valence-corrected chi connectivity index (χ0v) is 15.1. The summed E-state index contributed by atoms with van der Waals surface area (Å²) in [6.45, 7) is 8.96. The van der Waals surface area contributed by atoms with E-state index in [1.165, 1.54) is 11.1 Å². The van der Waals surface area contributed by atoms with Gasteiger partial charge in [0.25, 0.3) is 0 Å². The molecule has 0 saturated heterocycles. The Morgan fingerprint density at radius 3 is 2.71 bits per heavy atom. The number of hydrogen-bond donors (Lipinski definition) is 0. The fourth-order valence-electron chi connectivity index (χ4n) is 3.01. The van der Waals surface area contributed by atoms with Crippen LogP contribution >= 0.6 is 0 Å². The normalized spacial score (nSPS) is 15.5. The zero-order valence-electron chi connectivity index (χ0n) is 15.1. The monoisotopic (exact) mass is 327 g/mol. The SMILES string of the molecule is Cc1nc2ccn(C)c2cc1C1=CCN(C(=O)OC(C)(C)C)CC1. The molecule has 2 aromatic rings. The Bertz CT molecular complexity index is 812. The third-order valence-electron chi connectivity index (χ3n) is 4.26. The van der Waals surface area contributed by atoms with E-state index in [4.69, 9.17) is 9.72 Å². The Balaban J connectivity index is 1.81. The number of aromatic nitrogens is 2. The van der Waals surface area contributed by atoms with Gasteiger partial charge in [-0.3, -0.25) is 4.98 Å². The minimum absolute atomic E-state index is 0.245. The summed E-state index contributed by atoms with van der Waals surface area (Å²) < 4.78 is 7.53. The van der Waals surface area contributed by atoms with E-state index in [0.717, 1.165) is 23.1 Å². The van der Waals surface area contributed by atoms with Crippen LogP contribution in [-0.2, 0) is 11.8 Å². The van der Waals surface area contributed by atoms with Crippen LogP contribution in [0.25, 0.3) is 16.6 Å². The molecule has 24 heavy (non-hydrogen) atoms. The van der Waals surface area contributed by atoms with E-state index in [1.807, 2.05) is 47.0 Å². The second kappa shape index (κ2) is 5.96. The van der Waals surface area contributed by atoms with Crippen molar-refractivity contribution in [2.45, 2.75) is 39.7 Å². The van der Waals surface area contributed by atoms with Gasteiger partial charge < -0.3 is 14.2 Å². The summed E-state index contributed by atoms with van der Waals surface area (Å²) >= 11 is 0. The van der Waals surface area contributed by atoms with Crippen molar-refractivity contribution in [3.8, 4) is 0 Å². The van der Waals surface area contributed by atoms with E-state index in [1.54, 1.807) is 4.90 Å². The van der Waals surface area contributed by atoms with E-state index >= 15 is 0 Å². The first kappa shape index (κ1) is 16.6. The van der Waals surface area contributed by atoms with Gasteiger partial charge in [0.05, 0.1) is 11.0 Å². The standard InChI is InChI=1S/C19H25N3O2/c1-13-15(12-17-16(20-13)8-9-21(17)5)14-6-10-22(11-7-14)18(23)24-19(2,3)4/h6,8-9,12H,7,10-11H2,1-5H3. The molecule has 0 spiro atoms. The molecule has 0 unspecified atom stereocenters. The van der Waals surface area contributed by atoms with Gasteiger partial charge in [0.15, 0.2) is 0 Å². The third-order valence-corrected chi connectivity index (χ3v) is 4.26. The summed E-state index contributed by atoms with van der Waals surface area (Å²) in [7, 11) is 2.03. The van der Waals surface area contributed by atoms with Crippen LogP contribution in [0, 0.1) is 6.92 Å². The molecule has 3 rings (SSSR count). The fourth-order valence-corrected chi connectivity index (χ4v) is 3.01. The van der Waals surface area contributed by atoms with Crippen molar-refractivity contribution in [1.82, 2.24) is 14.5 Å². The molecule has 3 heterocycles. The van der Waals surface area contributed by atoms with Crippen LogP contribution in [0.2, 0.25) is 0 Å². The highest BCUT2D eigenvalue weighted by Crippen LogP contribution is 2.28. The molecule has 5 nitrogen and oxygen atoms in total. The van der Waals surface area contributed by atoms with Crippen LogP contribution in [0.4, 0.5) is 4.79 Å². The predicted molar refractivity (Wildman–Crippen MR) is 95.9 cm³/mol. The number of carbonyl (C=O) groups excluding carboxylic acids is 1. The Morgan fingerprint density at radius 2 is 2.08 bits per heavy atom. The van der Waals surface area contributed by atoms with Crippen LogP contribution in [-0.4, -0.2) is 39.2 Å². The molecule has 1 amide bonds. The molecule has 0 aromatic carbocycles. The van der Waals surface area contributed by atoms with Gasteiger partial charge >= 0.3 is 6.09 Å². The van der Waals surface area contributed by atoms with Gasteiger partial charge in [0, 0.05) is 37.6 Å². The minimum atomic E-state index is -0.459. The molecule has 128 valence electrons. The van der Waals surface area contributed by atoms with Crippen LogP contribution < -0.4 is 0 Å². The first-order valence-corrected chi connectivity index (χ1v) is 8.34. The maximum atomic E-state index is 12.2. The lowest BCUT2D eigenvalue weighted by molar-refractivity contribution is 0.0270. The Hall–Kier alpha value is -2.30. The first-order chi connectivity index (χ1) is 11.2. The highest BCUT2D eigenvalue weighted by Gasteiger charge is 2.24. The molecule has 0 N–H and O–H groups in total. The third kappa shape index (κ3) is 3.30. The smallest absolute Gasteiger partial charge is 0.410 e. The van der Waals surface area contributed by atoms with E-state index in [2.05, 4.69) is 16.7 Å². The second-order valence-electron chi connectivity index (χ2n) is 7.36. The average molecular weight is 327 g/mol. The quantitative estimate of drug-likeness (QED) is 0.798. The number of ether oxygens (including phenoxy) is 1. The lowest BCUT2D eigenvalue weighted by atomic mass is 9.98. The van der Waals surface area contributed by atoms with Crippen molar-refractivity contribution in [1.29, 1.82) is 0 Å². The Labute approximate surface area is 142 Å². The van der Waals surface area contributed by atoms with E-state index in [9.17, 15) is 4.79 Å². The van der Waals surface area contributed by atoms with E-state index < -0.39 is 5.60 Å². The van der Waals surface area contributed by atoms with Crippen molar-refractivity contribution in [2.75, 3.05) is 13.1 Å². The highest BCUT2D eigenvalue weighted by molar-refractivity contribution is 5.82. The number of amides is 1. The molecule has 0 bridgehead atoms. The van der Waals surface area contributed by atoms with Gasteiger partial charge in [0.1, 0.15) is 5.60 Å². The van der Waals surface area contributed by atoms with Crippen molar-refractivity contribution < 1.29 is 9.53 Å². The fraction of sp³-hybridized carbons (Fsp3) is 0.474. The summed E-state index contributed by atoms with van der Waals surface area (Å²) in [5, 5.41) is 0. The Kier molecular flexibility index (Phi) is 4.11. The van der Waals surface area contributed by atoms with Gasteiger partial charge in [-0.05, 0) is 51.8 Å². The summed E-state index contributed by atoms with van der Waals surface area (Å²) in [5.41, 5.74) is 5.15. The molecule has 0 radical (unpaired) electrons. The van der Waals surface area contributed by atoms with Crippen LogP contribution in [0.5, 0.6) is 0 Å². The second-order valence-corrected chi connectivity index (χ2v) is 7.36. The number of nitrogens with zero attached hydrogens (tertiary/aromatic N) is 3. The zero-order chi connectivity index (χ0) is 17.5. The van der Waals surface area contributed by atoms with Gasteiger partial charge in [-0.2, -0.15) is 0 Å². The predicted octanol–water partition coefficient (Wildman–Crippen LogP) is 3.91. The van der Waals surface area contributed by atoms with Gasteiger partial charge in [-0.25, -0.2) is 4.79 Å². The first-order valence-electron chi connectivity index (χ1n) is 8.34. The van der Waals surface area contributed by atoms with E-state index in [-0.39, 0.29) is 6.09 Å². The summed E-state index contributed by atoms with van der Waals surface area (Å²) in [4.78, 5) is 18.6. The molecule has 1 aliphatic rings. The highest BCUT2D eigenvalue weighted by atomic mass is 16.6.